The smallest absolute Gasteiger partial charge is 0.166 e. The number of rotatable bonds is 5. The maximum absolute atomic E-state index is 14.0. The normalized spacial score (nSPS) is 27.0. The summed E-state index contributed by atoms with van der Waals surface area (Å²) in [5.74, 6) is -0.141. The van der Waals surface area contributed by atoms with Crippen LogP contribution in [0.15, 0.2) is 36.8 Å². The number of benzene rings is 1. The summed E-state index contributed by atoms with van der Waals surface area (Å²) in [7, 11) is 12.8. The molecule has 2 aromatic heterocycles. The summed E-state index contributed by atoms with van der Waals surface area (Å²) in [6, 6.07) is 4.04. The van der Waals surface area contributed by atoms with Crippen molar-refractivity contribution in [3.05, 3.63) is 58.2 Å². The van der Waals surface area contributed by atoms with Crippen molar-refractivity contribution >= 4 is 44.7 Å². The van der Waals surface area contributed by atoms with Crippen LogP contribution < -0.4 is 10.5 Å². The summed E-state index contributed by atoms with van der Waals surface area (Å²) in [5.41, 5.74) is 6.48. The molecule has 0 bridgehead atoms. The summed E-state index contributed by atoms with van der Waals surface area (Å²) in [4.78, 5) is 4.24. The fourth-order valence-corrected chi connectivity index (χ4v) is 5.13. The van der Waals surface area contributed by atoms with Crippen molar-refractivity contribution < 1.29 is 18.6 Å². The van der Waals surface area contributed by atoms with E-state index in [4.69, 9.17) is 58.8 Å². The van der Waals surface area contributed by atoms with Crippen LogP contribution in [0.1, 0.15) is 31.1 Å². The molecule has 2 aliphatic heterocycles. The van der Waals surface area contributed by atoms with Gasteiger partial charge in [0.25, 0.3) is 0 Å². The number of halogens is 3. The van der Waals surface area contributed by atoms with Crippen molar-refractivity contribution in [3.8, 4) is 16.9 Å². The third-order valence-electron chi connectivity index (χ3n) is 6.46. The zero-order chi connectivity index (χ0) is 24.3. The summed E-state index contributed by atoms with van der Waals surface area (Å²) < 4.78 is 32.9. The molecule has 4 radical (unpaired) electrons. The van der Waals surface area contributed by atoms with Crippen LogP contribution in [0.5, 0.6) is 5.75 Å². The second kappa shape index (κ2) is 8.45. The first-order chi connectivity index (χ1) is 16.1. The minimum atomic E-state index is -1.33. The molecule has 7 nitrogen and oxygen atoms in total. The van der Waals surface area contributed by atoms with Crippen LogP contribution in [0.4, 0.5) is 10.2 Å². The Bertz CT molecular complexity index is 1260. The van der Waals surface area contributed by atoms with Crippen LogP contribution in [0, 0.1) is 5.82 Å². The van der Waals surface area contributed by atoms with E-state index in [1.807, 2.05) is 6.20 Å². The molecule has 1 aromatic carbocycles. The van der Waals surface area contributed by atoms with E-state index >= 15 is 0 Å². The molecule has 2 N–H and O–H groups in total. The molecule has 34 heavy (non-hydrogen) atoms. The maximum Gasteiger partial charge on any atom is 0.166 e. The van der Waals surface area contributed by atoms with E-state index < -0.39 is 22.9 Å². The average Bonchev–Trinajstić information content (AvgIpc) is 3.44. The Morgan fingerprint density at radius 1 is 1.26 bits per heavy atom. The molecular weight excluding hydrogens is 480 g/mol. The molecule has 2 aliphatic rings. The van der Waals surface area contributed by atoms with Gasteiger partial charge in [-0.2, -0.15) is 5.10 Å². The molecule has 0 spiro atoms. The molecule has 0 aliphatic carbocycles. The van der Waals surface area contributed by atoms with Crippen LogP contribution >= 0.6 is 23.2 Å². The lowest BCUT2D eigenvalue weighted by Crippen LogP contribution is -2.40. The van der Waals surface area contributed by atoms with Crippen LogP contribution in [0.25, 0.3) is 11.1 Å². The van der Waals surface area contributed by atoms with Gasteiger partial charge in [0.05, 0.1) is 31.7 Å². The minimum absolute atomic E-state index is 0.106. The Kier molecular flexibility index (Phi) is 5.83. The molecule has 4 atom stereocenters. The van der Waals surface area contributed by atoms with Gasteiger partial charge < -0.3 is 19.9 Å². The van der Waals surface area contributed by atoms with Crippen molar-refractivity contribution in [3.63, 3.8) is 0 Å². The zero-order valence-electron chi connectivity index (χ0n) is 18.2. The van der Waals surface area contributed by atoms with Gasteiger partial charge in [0.15, 0.2) is 19.4 Å². The zero-order valence-corrected chi connectivity index (χ0v) is 19.7. The molecule has 2 unspecified atom stereocenters. The predicted octanol–water partition coefficient (Wildman–Crippen LogP) is 4.25. The Morgan fingerprint density at radius 2 is 2.06 bits per heavy atom. The van der Waals surface area contributed by atoms with Crippen LogP contribution in [-0.2, 0) is 9.47 Å². The molecule has 4 heterocycles. The summed E-state index contributed by atoms with van der Waals surface area (Å²) >= 11 is 12.3. The number of pyridine rings is 1. The fourth-order valence-electron chi connectivity index (χ4n) is 4.45. The number of hydrogen-bond acceptors (Lipinski definition) is 6. The second-order valence-corrected chi connectivity index (χ2v) is 9.25. The molecule has 3 aromatic rings. The summed E-state index contributed by atoms with van der Waals surface area (Å²) in [5, 5.41) is 3.75. The molecule has 172 valence electrons. The second-order valence-electron chi connectivity index (χ2n) is 8.47. The lowest BCUT2D eigenvalue weighted by molar-refractivity contribution is -0.127. The third kappa shape index (κ3) is 3.68. The number of nitrogens with two attached hydrogens (primary N) is 1. The van der Waals surface area contributed by atoms with Gasteiger partial charge in [-0.1, -0.05) is 23.2 Å². The first-order valence-electron chi connectivity index (χ1n) is 10.6. The van der Waals surface area contributed by atoms with Gasteiger partial charge in [0.1, 0.15) is 17.6 Å². The van der Waals surface area contributed by atoms with Crippen LogP contribution in [0.2, 0.25) is 15.4 Å². The molecular formula is C22H19B2Cl2FN4O3. The van der Waals surface area contributed by atoms with E-state index in [0.717, 1.165) is 5.56 Å². The van der Waals surface area contributed by atoms with E-state index in [-0.39, 0.29) is 28.5 Å². The number of hydrogen-bond donors (Lipinski definition) is 1. The third-order valence-corrected chi connectivity index (χ3v) is 7.17. The Balaban J connectivity index is 1.41. The number of ether oxygens (including phenoxy) is 3. The standard InChI is InChI=1S/C22H19B2Cl2FN4O3/c1-11(18-14(25)2-3-15(27)19(18)26)34-16-6-12(7-29-20(16)28)13-8-30-31(9-13)17-10-33-22(24)21(17,23)4-5-32-22/h2-3,6-9,11,17H,4-5,10H2,1H3,(H2,28,29)/t11?,17?,21-,22+/m1/s1. The highest BCUT2D eigenvalue weighted by atomic mass is 35.5. The number of nitrogen functional groups attached to an aromatic ring is 1. The predicted molar refractivity (Wildman–Crippen MR) is 128 cm³/mol. The van der Waals surface area contributed by atoms with Crippen molar-refractivity contribution in [2.24, 2.45) is 0 Å². The van der Waals surface area contributed by atoms with Crippen LogP contribution in [-0.4, -0.2) is 49.4 Å². The number of anilines is 1. The lowest BCUT2D eigenvalue weighted by atomic mass is 9.54. The van der Waals surface area contributed by atoms with Crippen molar-refractivity contribution in [2.45, 2.75) is 36.5 Å². The minimum Gasteiger partial charge on any atom is -0.482 e. The lowest BCUT2D eigenvalue weighted by Gasteiger charge is -2.35. The number of nitrogens with zero attached hydrogens (tertiary/aromatic N) is 3. The molecule has 0 amide bonds. The average molecular weight is 499 g/mol. The Morgan fingerprint density at radius 3 is 2.85 bits per heavy atom. The van der Waals surface area contributed by atoms with Gasteiger partial charge in [-0.05, 0) is 31.5 Å². The molecule has 2 saturated heterocycles. The number of fused-ring (bicyclic) bond motifs is 1. The summed E-state index contributed by atoms with van der Waals surface area (Å²) in [6.07, 6.45) is 4.97. The topological polar surface area (TPSA) is 84.4 Å². The number of aromatic nitrogens is 3. The largest absolute Gasteiger partial charge is 0.482 e. The monoisotopic (exact) mass is 498 g/mol. The quantitative estimate of drug-likeness (QED) is 0.418. The van der Waals surface area contributed by atoms with Crippen molar-refractivity contribution in [1.82, 2.24) is 14.8 Å². The summed E-state index contributed by atoms with van der Waals surface area (Å²) in [6.45, 7) is 2.38. The van der Waals surface area contributed by atoms with Gasteiger partial charge in [0, 0.05) is 46.0 Å². The maximum atomic E-state index is 14.0. The Hall–Kier alpha value is -2.26. The highest BCUT2D eigenvalue weighted by Crippen LogP contribution is 2.58. The van der Waals surface area contributed by atoms with Gasteiger partial charge in [0.2, 0.25) is 0 Å². The molecule has 2 fully saturated rings. The molecule has 12 heteroatoms. The first kappa shape index (κ1) is 23.5. The Labute approximate surface area is 208 Å². The SMILES string of the molecule is [B][C@]12OCC[C@@]1([B])C(n1cc(-c3cnc(N)c(OC(C)c4c(Cl)ccc(F)c4Cl)c3)cn1)CO2. The van der Waals surface area contributed by atoms with Gasteiger partial charge in [-0.25, -0.2) is 9.37 Å². The van der Waals surface area contributed by atoms with E-state index in [2.05, 4.69) is 10.1 Å². The van der Waals surface area contributed by atoms with Crippen molar-refractivity contribution in [2.75, 3.05) is 18.9 Å². The fraction of sp³-hybridized carbons (Fsp3) is 0.364. The first-order valence-corrected chi connectivity index (χ1v) is 11.3. The van der Waals surface area contributed by atoms with Crippen LogP contribution in [0.3, 0.4) is 0 Å². The van der Waals surface area contributed by atoms with Gasteiger partial charge >= 0.3 is 0 Å². The van der Waals surface area contributed by atoms with Gasteiger partial charge in [-0.15, -0.1) is 0 Å². The highest BCUT2D eigenvalue weighted by molar-refractivity contribution is 6.36. The highest BCUT2D eigenvalue weighted by Gasteiger charge is 2.59. The van der Waals surface area contributed by atoms with Crippen molar-refractivity contribution in [1.29, 1.82) is 0 Å². The molecule has 5 rings (SSSR count). The van der Waals surface area contributed by atoms with Gasteiger partial charge in [-0.3, -0.25) is 4.68 Å². The van der Waals surface area contributed by atoms with E-state index in [1.165, 1.54) is 12.1 Å². The molecule has 0 saturated carbocycles. The van der Waals surface area contributed by atoms with E-state index in [1.54, 1.807) is 30.1 Å². The van der Waals surface area contributed by atoms with E-state index in [0.29, 0.717) is 29.9 Å². The van der Waals surface area contributed by atoms with E-state index in [9.17, 15) is 4.39 Å².